The summed E-state index contributed by atoms with van der Waals surface area (Å²) in [4.78, 5) is 22.8. The molecule has 2 aromatic carbocycles. The highest BCUT2D eigenvalue weighted by molar-refractivity contribution is 6.03. The lowest BCUT2D eigenvalue weighted by Gasteiger charge is -2.10. The van der Waals surface area contributed by atoms with Crippen LogP contribution in [0.5, 0.6) is 5.75 Å². The second-order valence-electron chi connectivity index (χ2n) is 4.45. The van der Waals surface area contributed by atoms with E-state index in [1.54, 1.807) is 12.1 Å². The second kappa shape index (κ2) is 6.09. The van der Waals surface area contributed by atoms with Crippen molar-refractivity contribution >= 4 is 11.8 Å². The molecule has 0 aromatic heterocycles. The van der Waals surface area contributed by atoms with E-state index in [1.807, 2.05) is 31.2 Å². The summed E-state index contributed by atoms with van der Waals surface area (Å²) in [5, 5.41) is 0. The maximum Gasteiger partial charge on any atom is 0.249 e. The fourth-order valence-corrected chi connectivity index (χ4v) is 2.07. The van der Waals surface area contributed by atoms with Crippen molar-refractivity contribution in [3.63, 3.8) is 0 Å². The number of amides is 2. The average Bonchev–Trinajstić information content (AvgIpc) is 2.47. The van der Waals surface area contributed by atoms with Gasteiger partial charge in [-0.3, -0.25) is 9.59 Å². The number of rotatable bonds is 5. The number of hydrogen-bond acceptors (Lipinski definition) is 3. The Kier molecular flexibility index (Phi) is 4.23. The molecular formula is C16H16N2O3. The van der Waals surface area contributed by atoms with Crippen LogP contribution in [-0.2, 0) is 0 Å². The summed E-state index contributed by atoms with van der Waals surface area (Å²) in [6.45, 7) is 2.44. The zero-order chi connectivity index (χ0) is 15.4. The van der Waals surface area contributed by atoms with E-state index in [1.165, 1.54) is 6.07 Å². The minimum atomic E-state index is -0.616. The summed E-state index contributed by atoms with van der Waals surface area (Å²) in [5.74, 6) is -0.522. The molecule has 0 saturated heterocycles. The number of carbonyl (C=O) groups excluding carboxylic acids is 2. The minimum Gasteiger partial charge on any atom is -0.494 e. The van der Waals surface area contributed by atoms with Crippen LogP contribution in [0.3, 0.4) is 0 Å². The van der Waals surface area contributed by atoms with Crippen LogP contribution in [-0.4, -0.2) is 18.4 Å². The summed E-state index contributed by atoms with van der Waals surface area (Å²) in [7, 11) is 0. The predicted octanol–water partition coefficient (Wildman–Crippen LogP) is 1.95. The Morgan fingerprint density at radius 1 is 1.05 bits per heavy atom. The first kappa shape index (κ1) is 14.6. The van der Waals surface area contributed by atoms with Crippen molar-refractivity contribution in [2.45, 2.75) is 6.92 Å². The Morgan fingerprint density at radius 2 is 1.81 bits per heavy atom. The zero-order valence-corrected chi connectivity index (χ0v) is 11.6. The topological polar surface area (TPSA) is 95.4 Å². The van der Waals surface area contributed by atoms with Crippen molar-refractivity contribution < 1.29 is 14.3 Å². The van der Waals surface area contributed by atoms with Gasteiger partial charge in [-0.05, 0) is 42.3 Å². The standard InChI is InChI=1S/C16H16N2O3/c1-2-21-12-5-3-4-10(8-12)13-7-6-11(15(17)19)9-14(13)16(18)20/h3-9H,2H2,1H3,(H2,17,19)(H2,18,20). The van der Waals surface area contributed by atoms with Crippen LogP contribution < -0.4 is 16.2 Å². The largest absolute Gasteiger partial charge is 0.494 e. The third-order valence-corrected chi connectivity index (χ3v) is 3.03. The molecule has 5 nitrogen and oxygen atoms in total. The van der Waals surface area contributed by atoms with Gasteiger partial charge in [-0.2, -0.15) is 0 Å². The van der Waals surface area contributed by atoms with Gasteiger partial charge in [0.2, 0.25) is 11.8 Å². The zero-order valence-electron chi connectivity index (χ0n) is 11.6. The molecule has 108 valence electrons. The third-order valence-electron chi connectivity index (χ3n) is 3.03. The molecule has 2 aromatic rings. The first-order chi connectivity index (χ1) is 10.0. The summed E-state index contributed by atoms with van der Waals surface area (Å²) in [5.41, 5.74) is 12.5. The van der Waals surface area contributed by atoms with Gasteiger partial charge in [0.25, 0.3) is 0 Å². The average molecular weight is 284 g/mol. The molecule has 0 heterocycles. The maximum atomic E-state index is 11.6. The normalized spacial score (nSPS) is 10.1. The van der Waals surface area contributed by atoms with Crippen molar-refractivity contribution in [1.82, 2.24) is 0 Å². The Morgan fingerprint density at radius 3 is 2.43 bits per heavy atom. The molecule has 0 fully saturated rings. The van der Waals surface area contributed by atoms with Crippen molar-refractivity contribution in [2.24, 2.45) is 11.5 Å². The highest BCUT2D eigenvalue weighted by atomic mass is 16.5. The molecule has 4 N–H and O–H groups in total. The van der Waals surface area contributed by atoms with Crippen LogP contribution in [0.4, 0.5) is 0 Å². The van der Waals surface area contributed by atoms with E-state index in [0.29, 0.717) is 17.9 Å². The van der Waals surface area contributed by atoms with Gasteiger partial charge in [-0.1, -0.05) is 18.2 Å². The lowest BCUT2D eigenvalue weighted by atomic mass is 9.96. The summed E-state index contributed by atoms with van der Waals surface area (Å²) < 4.78 is 5.44. The van der Waals surface area contributed by atoms with Crippen LogP contribution in [0.15, 0.2) is 42.5 Å². The van der Waals surface area contributed by atoms with E-state index in [4.69, 9.17) is 16.2 Å². The SMILES string of the molecule is CCOc1cccc(-c2ccc(C(N)=O)cc2C(N)=O)c1. The van der Waals surface area contributed by atoms with Crippen molar-refractivity contribution in [3.05, 3.63) is 53.6 Å². The molecule has 0 bridgehead atoms. The smallest absolute Gasteiger partial charge is 0.249 e. The van der Waals surface area contributed by atoms with Crippen molar-refractivity contribution in [2.75, 3.05) is 6.61 Å². The highest BCUT2D eigenvalue weighted by Gasteiger charge is 2.13. The second-order valence-corrected chi connectivity index (χ2v) is 4.45. The van der Waals surface area contributed by atoms with Crippen LogP contribution in [0, 0.1) is 0 Å². The lowest BCUT2D eigenvalue weighted by molar-refractivity contribution is 0.0999. The van der Waals surface area contributed by atoms with Gasteiger partial charge in [-0.25, -0.2) is 0 Å². The Hall–Kier alpha value is -2.82. The van der Waals surface area contributed by atoms with Crippen LogP contribution >= 0.6 is 0 Å². The van der Waals surface area contributed by atoms with Gasteiger partial charge in [0.1, 0.15) is 5.75 Å². The number of ether oxygens (including phenoxy) is 1. The lowest BCUT2D eigenvalue weighted by Crippen LogP contribution is -2.16. The molecule has 21 heavy (non-hydrogen) atoms. The number of primary amides is 2. The fourth-order valence-electron chi connectivity index (χ4n) is 2.07. The molecule has 0 unspecified atom stereocenters. The van der Waals surface area contributed by atoms with E-state index in [0.717, 1.165) is 5.56 Å². The summed E-state index contributed by atoms with van der Waals surface area (Å²) >= 11 is 0. The van der Waals surface area contributed by atoms with Crippen LogP contribution in [0.25, 0.3) is 11.1 Å². The number of nitrogens with two attached hydrogens (primary N) is 2. The van der Waals surface area contributed by atoms with Gasteiger partial charge in [0.15, 0.2) is 0 Å². The quantitative estimate of drug-likeness (QED) is 0.878. The monoisotopic (exact) mass is 284 g/mol. The first-order valence-corrected chi connectivity index (χ1v) is 6.49. The van der Waals surface area contributed by atoms with E-state index < -0.39 is 11.8 Å². The molecule has 2 amide bonds. The third kappa shape index (κ3) is 3.20. The first-order valence-electron chi connectivity index (χ1n) is 6.49. The Balaban J connectivity index is 2.55. The molecule has 0 aliphatic heterocycles. The van der Waals surface area contributed by atoms with Crippen LogP contribution in [0.2, 0.25) is 0 Å². The molecule has 0 aliphatic rings. The van der Waals surface area contributed by atoms with Gasteiger partial charge in [0, 0.05) is 11.1 Å². The Bertz CT molecular complexity index is 696. The highest BCUT2D eigenvalue weighted by Crippen LogP contribution is 2.27. The van der Waals surface area contributed by atoms with Crippen molar-refractivity contribution in [1.29, 1.82) is 0 Å². The molecule has 0 atom stereocenters. The maximum absolute atomic E-state index is 11.6. The minimum absolute atomic E-state index is 0.244. The summed E-state index contributed by atoms with van der Waals surface area (Å²) in [6, 6.07) is 11.9. The van der Waals surface area contributed by atoms with Gasteiger partial charge in [0.05, 0.1) is 6.61 Å². The number of benzene rings is 2. The van der Waals surface area contributed by atoms with E-state index >= 15 is 0 Å². The van der Waals surface area contributed by atoms with E-state index in [-0.39, 0.29) is 11.1 Å². The van der Waals surface area contributed by atoms with Crippen LogP contribution in [0.1, 0.15) is 27.6 Å². The van der Waals surface area contributed by atoms with E-state index in [9.17, 15) is 9.59 Å². The summed E-state index contributed by atoms with van der Waals surface area (Å²) in [6.07, 6.45) is 0. The molecule has 0 saturated carbocycles. The predicted molar refractivity (Wildman–Crippen MR) is 80.1 cm³/mol. The van der Waals surface area contributed by atoms with Gasteiger partial charge >= 0.3 is 0 Å². The molecule has 0 spiro atoms. The van der Waals surface area contributed by atoms with Crippen molar-refractivity contribution in [3.8, 4) is 16.9 Å². The Labute approximate surface area is 122 Å². The number of carbonyl (C=O) groups is 2. The van der Waals surface area contributed by atoms with Gasteiger partial charge < -0.3 is 16.2 Å². The van der Waals surface area contributed by atoms with E-state index in [2.05, 4.69) is 0 Å². The van der Waals surface area contributed by atoms with Gasteiger partial charge in [-0.15, -0.1) is 0 Å². The molecule has 0 aliphatic carbocycles. The fraction of sp³-hybridized carbons (Fsp3) is 0.125. The molecular weight excluding hydrogens is 268 g/mol. The molecule has 5 heteroatoms. The molecule has 2 rings (SSSR count). The molecule has 0 radical (unpaired) electrons. The number of hydrogen-bond donors (Lipinski definition) is 2.